The van der Waals surface area contributed by atoms with Crippen LogP contribution in [0.1, 0.15) is 33.5 Å². The first kappa shape index (κ1) is 15.1. The Bertz CT molecular complexity index is 709. The van der Waals surface area contributed by atoms with Gasteiger partial charge in [-0.05, 0) is 30.7 Å². The number of carbonyl (C=O) groups excluding carboxylic acids is 1. The van der Waals surface area contributed by atoms with Gasteiger partial charge in [0.05, 0.1) is 22.0 Å². The monoisotopic (exact) mass is 307 g/mol. The molecule has 0 bridgehead atoms. The maximum Gasteiger partial charge on any atom is 0.335 e. The molecule has 2 rings (SSSR count). The maximum absolute atomic E-state index is 12.2. The van der Waals surface area contributed by atoms with Gasteiger partial charge >= 0.3 is 5.97 Å². The Hall–Kier alpha value is -2.34. The average molecular weight is 308 g/mol. The van der Waals surface area contributed by atoms with Gasteiger partial charge in [0.2, 0.25) is 0 Å². The van der Waals surface area contributed by atoms with E-state index >= 15 is 0 Å². The molecule has 1 amide bonds. The molecule has 2 aromatic rings. The predicted molar refractivity (Wildman–Crippen MR) is 79.0 cm³/mol. The van der Waals surface area contributed by atoms with Crippen molar-refractivity contribution >= 4 is 29.2 Å². The topological polar surface area (TPSA) is 84.2 Å². The molecule has 0 aliphatic rings. The van der Waals surface area contributed by atoms with Gasteiger partial charge in [0.25, 0.3) is 5.91 Å². The summed E-state index contributed by atoms with van der Waals surface area (Å²) in [5.74, 6) is -1.43. The molecular weight excluding hydrogens is 294 g/mol. The van der Waals surface area contributed by atoms with E-state index in [9.17, 15) is 9.59 Å². The van der Waals surface area contributed by atoms with Crippen LogP contribution in [-0.2, 0) is 13.5 Å². The van der Waals surface area contributed by atoms with Crippen molar-refractivity contribution in [2.24, 2.45) is 7.05 Å². The van der Waals surface area contributed by atoms with Gasteiger partial charge in [-0.3, -0.25) is 9.48 Å². The van der Waals surface area contributed by atoms with E-state index in [1.54, 1.807) is 13.1 Å². The first-order valence-corrected chi connectivity index (χ1v) is 6.67. The highest BCUT2D eigenvalue weighted by Gasteiger charge is 2.15. The molecular formula is C14H14ClN3O3. The molecule has 0 saturated heterocycles. The lowest BCUT2D eigenvalue weighted by Crippen LogP contribution is -2.16. The Labute approximate surface area is 126 Å². The number of nitrogens with one attached hydrogen (secondary N) is 1. The molecule has 21 heavy (non-hydrogen) atoms. The Balaban J connectivity index is 2.23. The molecule has 110 valence electrons. The summed E-state index contributed by atoms with van der Waals surface area (Å²) in [6.45, 7) is 1.95. The van der Waals surface area contributed by atoms with Gasteiger partial charge in [0.1, 0.15) is 5.69 Å². The molecule has 0 unspecified atom stereocenters. The quantitative estimate of drug-likeness (QED) is 0.909. The summed E-state index contributed by atoms with van der Waals surface area (Å²) in [6, 6.07) is 5.83. The number of rotatable bonds is 4. The van der Waals surface area contributed by atoms with E-state index < -0.39 is 5.97 Å². The molecule has 0 aliphatic carbocycles. The summed E-state index contributed by atoms with van der Waals surface area (Å²) in [5.41, 5.74) is 1.64. The van der Waals surface area contributed by atoms with E-state index in [0.717, 1.165) is 12.1 Å². The number of halogens is 1. The van der Waals surface area contributed by atoms with Crippen molar-refractivity contribution in [1.29, 1.82) is 0 Å². The molecule has 0 radical (unpaired) electrons. The lowest BCUT2D eigenvalue weighted by Gasteiger charge is -2.07. The number of hydrogen-bond acceptors (Lipinski definition) is 3. The van der Waals surface area contributed by atoms with Crippen molar-refractivity contribution in [3.63, 3.8) is 0 Å². The third-order valence-corrected chi connectivity index (χ3v) is 3.30. The number of anilines is 1. The second kappa shape index (κ2) is 5.97. The molecule has 0 aliphatic heterocycles. The lowest BCUT2D eigenvalue weighted by atomic mass is 10.2. The van der Waals surface area contributed by atoms with Gasteiger partial charge in [-0.2, -0.15) is 5.10 Å². The van der Waals surface area contributed by atoms with Crippen LogP contribution in [0.3, 0.4) is 0 Å². The number of amides is 1. The molecule has 1 heterocycles. The van der Waals surface area contributed by atoms with Crippen LogP contribution in [0.25, 0.3) is 0 Å². The fraction of sp³-hybridized carbons (Fsp3) is 0.214. The fourth-order valence-corrected chi connectivity index (χ4v) is 2.08. The number of carboxylic acid groups (broad SMARTS) is 1. The Morgan fingerprint density at radius 2 is 2.10 bits per heavy atom. The van der Waals surface area contributed by atoms with Gasteiger partial charge in [-0.15, -0.1) is 0 Å². The number of benzene rings is 1. The summed E-state index contributed by atoms with van der Waals surface area (Å²) in [4.78, 5) is 23.0. The normalized spacial score (nSPS) is 10.4. The van der Waals surface area contributed by atoms with Crippen LogP contribution in [0, 0.1) is 0 Å². The zero-order chi connectivity index (χ0) is 15.6. The van der Waals surface area contributed by atoms with Gasteiger partial charge < -0.3 is 10.4 Å². The van der Waals surface area contributed by atoms with Crippen LogP contribution in [0.15, 0.2) is 24.3 Å². The van der Waals surface area contributed by atoms with E-state index in [1.165, 1.54) is 22.9 Å². The molecule has 0 spiro atoms. The van der Waals surface area contributed by atoms with Gasteiger partial charge in [-0.1, -0.05) is 18.5 Å². The van der Waals surface area contributed by atoms with Crippen LogP contribution in [-0.4, -0.2) is 26.8 Å². The molecule has 1 aromatic heterocycles. The Morgan fingerprint density at radius 3 is 2.62 bits per heavy atom. The van der Waals surface area contributed by atoms with E-state index in [-0.39, 0.29) is 16.5 Å². The molecule has 7 heteroatoms. The van der Waals surface area contributed by atoms with Crippen molar-refractivity contribution < 1.29 is 14.7 Å². The number of aryl methyl sites for hydroxylation is 2. The number of aromatic nitrogens is 2. The van der Waals surface area contributed by atoms with Crippen molar-refractivity contribution in [1.82, 2.24) is 9.78 Å². The smallest absolute Gasteiger partial charge is 0.335 e. The number of carbonyl (C=O) groups is 2. The minimum atomic E-state index is -1.08. The lowest BCUT2D eigenvalue weighted by molar-refractivity contribution is 0.0696. The summed E-state index contributed by atoms with van der Waals surface area (Å²) in [6.07, 6.45) is 0.731. The van der Waals surface area contributed by atoms with Crippen molar-refractivity contribution in [3.05, 3.63) is 46.2 Å². The number of aromatic carboxylic acids is 1. The second-order valence-corrected chi connectivity index (χ2v) is 4.86. The molecule has 0 atom stereocenters. The number of hydrogen-bond donors (Lipinski definition) is 2. The predicted octanol–water partition coefficient (Wildman–Crippen LogP) is 2.59. The molecule has 6 nitrogen and oxygen atoms in total. The van der Waals surface area contributed by atoms with Crippen molar-refractivity contribution in [3.8, 4) is 0 Å². The summed E-state index contributed by atoms with van der Waals surface area (Å²) in [5, 5.41) is 15.9. The minimum Gasteiger partial charge on any atom is -0.478 e. The zero-order valence-electron chi connectivity index (χ0n) is 11.6. The van der Waals surface area contributed by atoms with Crippen molar-refractivity contribution in [2.75, 3.05) is 5.32 Å². The first-order chi connectivity index (χ1) is 9.92. The average Bonchev–Trinajstić information content (AvgIpc) is 2.82. The molecule has 1 aromatic carbocycles. The summed E-state index contributed by atoms with van der Waals surface area (Å²) < 4.78 is 1.49. The van der Waals surface area contributed by atoms with Crippen LogP contribution >= 0.6 is 11.6 Å². The standard InChI is InChI=1S/C14H14ClN3O3/c1-3-9-7-12(18(2)17-9)13(19)16-11-5-4-8(14(20)21)6-10(11)15/h4-7H,3H2,1-2H3,(H,16,19)(H,20,21). The molecule has 0 saturated carbocycles. The molecule has 0 fully saturated rings. The second-order valence-electron chi connectivity index (χ2n) is 4.45. The van der Waals surface area contributed by atoms with Crippen LogP contribution < -0.4 is 5.32 Å². The van der Waals surface area contributed by atoms with Gasteiger partial charge in [0, 0.05) is 7.05 Å². The largest absolute Gasteiger partial charge is 0.478 e. The van der Waals surface area contributed by atoms with E-state index in [4.69, 9.17) is 16.7 Å². The van der Waals surface area contributed by atoms with Gasteiger partial charge in [0.15, 0.2) is 0 Å². The highest BCUT2D eigenvalue weighted by molar-refractivity contribution is 6.34. The summed E-state index contributed by atoms with van der Waals surface area (Å²) in [7, 11) is 1.68. The fourth-order valence-electron chi connectivity index (χ4n) is 1.85. The van der Waals surface area contributed by atoms with Crippen molar-refractivity contribution in [2.45, 2.75) is 13.3 Å². The third kappa shape index (κ3) is 3.22. The maximum atomic E-state index is 12.2. The minimum absolute atomic E-state index is 0.0619. The van der Waals surface area contributed by atoms with E-state index in [2.05, 4.69) is 10.4 Å². The van der Waals surface area contributed by atoms with Crippen LogP contribution in [0.5, 0.6) is 0 Å². The number of carboxylic acids is 1. The van der Waals surface area contributed by atoms with Crippen LogP contribution in [0.2, 0.25) is 5.02 Å². The third-order valence-electron chi connectivity index (χ3n) is 2.99. The van der Waals surface area contributed by atoms with Crippen LogP contribution in [0.4, 0.5) is 5.69 Å². The Morgan fingerprint density at radius 1 is 1.38 bits per heavy atom. The SMILES string of the molecule is CCc1cc(C(=O)Nc2ccc(C(=O)O)cc2Cl)n(C)n1. The highest BCUT2D eigenvalue weighted by atomic mass is 35.5. The first-order valence-electron chi connectivity index (χ1n) is 6.29. The zero-order valence-corrected chi connectivity index (χ0v) is 12.3. The molecule has 2 N–H and O–H groups in total. The van der Waals surface area contributed by atoms with E-state index in [1.807, 2.05) is 6.92 Å². The van der Waals surface area contributed by atoms with Gasteiger partial charge in [-0.25, -0.2) is 4.79 Å². The van der Waals surface area contributed by atoms with E-state index in [0.29, 0.717) is 11.4 Å². The highest BCUT2D eigenvalue weighted by Crippen LogP contribution is 2.23. The number of nitrogens with zero attached hydrogens (tertiary/aromatic N) is 2. The Kier molecular flexibility index (Phi) is 4.28. The summed E-state index contributed by atoms with van der Waals surface area (Å²) >= 11 is 5.98.